The summed E-state index contributed by atoms with van der Waals surface area (Å²) in [6, 6.07) is 9.78. The van der Waals surface area contributed by atoms with Crippen LogP contribution in [0.3, 0.4) is 0 Å². The lowest BCUT2D eigenvalue weighted by Crippen LogP contribution is -2.26. The lowest BCUT2D eigenvalue weighted by atomic mass is 10.1. The Kier molecular flexibility index (Phi) is 6.04. The van der Waals surface area contributed by atoms with Gasteiger partial charge < -0.3 is 10.1 Å². The van der Waals surface area contributed by atoms with E-state index in [0.717, 1.165) is 24.0 Å². The number of hydrogen-bond acceptors (Lipinski definition) is 5. The molecule has 0 saturated heterocycles. The smallest absolute Gasteiger partial charge is 0.338 e. The summed E-state index contributed by atoms with van der Waals surface area (Å²) in [6.07, 6.45) is 1.63. The maximum atomic E-state index is 12.4. The Hall–Kier alpha value is -2.71. The molecule has 154 valence electrons. The Bertz CT molecular complexity index is 1060. The average molecular weight is 416 g/mol. The van der Waals surface area contributed by atoms with Crippen molar-refractivity contribution in [2.45, 2.75) is 44.6 Å². The molecule has 1 saturated carbocycles. The highest BCUT2D eigenvalue weighted by atomic mass is 32.2. The Balaban J connectivity index is 1.66. The molecule has 1 aliphatic rings. The van der Waals surface area contributed by atoms with Crippen LogP contribution < -0.4 is 10.0 Å². The first-order chi connectivity index (χ1) is 13.7. The molecule has 2 aromatic carbocycles. The monoisotopic (exact) mass is 416 g/mol. The highest BCUT2D eigenvalue weighted by Gasteiger charge is 2.28. The van der Waals surface area contributed by atoms with Crippen LogP contribution in [-0.4, -0.2) is 32.9 Å². The second-order valence-corrected chi connectivity index (χ2v) is 8.96. The van der Waals surface area contributed by atoms with E-state index in [2.05, 4.69) is 10.0 Å². The van der Waals surface area contributed by atoms with E-state index in [1.54, 1.807) is 19.1 Å². The lowest BCUT2D eigenvalue weighted by Gasteiger charge is -2.12. The number of aryl methyl sites for hydroxylation is 2. The van der Waals surface area contributed by atoms with Gasteiger partial charge >= 0.3 is 5.97 Å². The number of ether oxygens (including phenoxy) is 1. The van der Waals surface area contributed by atoms with Gasteiger partial charge in [-0.15, -0.1) is 0 Å². The second kappa shape index (κ2) is 8.34. The molecule has 2 N–H and O–H groups in total. The SMILES string of the molecule is Cc1ccc(S(=O)(=O)NC2CC2)cc1C(=O)OCC(=O)Nc1cccc(C)c1C. The summed E-state index contributed by atoms with van der Waals surface area (Å²) in [5, 5.41) is 2.71. The molecule has 0 aromatic heterocycles. The van der Waals surface area contributed by atoms with Gasteiger partial charge in [0.25, 0.3) is 5.91 Å². The number of carbonyl (C=O) groups is 2. The highest BCUT2D eigenvalue weighted by molar-refractivity contribution is 7.89. The predicted octanol–water partition coefficient (Wildman–Crippen LogP) is 2.85. The molecule has 1 fully saturated rings. The number of amides is 1. The van der Waals surface area contributed by atoms with Crippen molar-refractivity contribution in [3.8, 4) is 0 Å². The van der Waals surface area contributed by atoms with E-state index < -0.39 is 28.5 Å². The summed E-state index contributed by atoms with van der Waals surface area (Å²) >= 11 is 0. The van der Waals surface area contributed by atoms with Crippen LogP contribution in [0.2, 0.25) is 0 Å². The molecule has 3 rings (SSSR count). The average Bonchev–Trinajstić information content (AvgIpc) is 3.47. The zero-order valence-electron chi connectivity index (χ0n) is 16.6. The van der Waals surface area contributed by atoms with Gasteiger partial charge in [0.15, 0.2) is 6.61 Å². The molecule has 29 heavy (non-hydrogen) atoms. The number of nitrogens with one attached hydrogen (secondary N) is 2. The summed E-state index contributed by atoms with van der Waals surface area (Å²) < 4.78 is 32.4. The van der Waals surface area contributed by atoms with Gasteiger partial charge in [0.1, 0.15) is 0 Å². The fraction of sp³-hybridized carbons (Fsp3) is 0.333. The number of hydrogen-bond donors (Lipinski definition) is 2. The molecule has 7 nitrogen and oxygen atoms in total. The number of anilines is 1. The first-order valence-electron chi connectivity index (χ1n) is 9.33. The largest absolute Gasteiger partial charge is 0.452 e. The van der Waals surface area contributed by atoms with Gasteiger partial charge in [-0.05, 0) is 68.5 Å². The maximum absolute atomic E-state index is 12.4. The summed E-state index contributed by atoms with van der Waals surface area (Å²) in [4.78, 5) is 24.6. The van der Waals surface area contributed by atoms with Gasteiger partial charge in [-0.25, -0.2) is 17.9 Å². The van der Waals surface area contributed by atoms with E-state index in [-0.39, 0.29) is 16.5 Å². The van der Waals surface area contributed by atoms with Gasteiger partial charge in [0.2, 0.25) is 10.0 Å². The van der Waals surface area contributed by atoms with Crippen molar-refractivity contribution in [1.29, 1.82) is 0 Å². The lowest BCUT2D eigenvalue weighted by molar-refractivity contribution is -0.119. The number of benzene rings is 2. The second-order valence-electron chi connectivity index (χ2n) is 7.24. The van der Waals surface area contributed by atoms with Crippen molar-refractivity contribution in [2.75, 3.05) is 11.9 Å². The molecular weight excluding hydrogens is 392 g/mol. The highest BCUT2D eigenvalue weighted by Crippen LogP contribution is 2.23. The summed E-state index contributed by atoms with van der Waals surface area (Å²) in [7, 11) is -3.69. The van der Waals surface area contributed by atoms with Crippen LogP contribution in [0.5, 0.6) is 0 Å². The van der Waals surface area contributed by atoms with Crippen molar-refractivity contribution in [3.63, 3.8) is 0 Å². The quantitative estimate of drug-likeness (QED) is 0.676. The van der Waals surface area contributed by atoms with Gasteiger partial charge in [0.05, 0.1) is 10.5 Å². The molecule has 0 bridgehead atoms. The van der Waals surface area contributed by atoms with Crippen LogP contribution in [-0.2, 0) is 19.6 Å². The number of carbonyl (C=O) groups excluding carboxylic acids is 2. The molecule has 8 heteroatoms. The van der Waals surface area contributed by atoms with Crippen molar-refractivity contribution >= 4 is 27.6 Å². The summed E-state index contributed by atoms with van der Waals surface area (Å²) in [5.41, 5.74) is 3.30. The molecule has 0 radical (unpaired) electrons. The standard InChI is InChI=1S/C21H24N2O5S/c1-13-5-4-6-19(15(13)3)22-20(24)12-28-21(25)18-11-17(10-7-14(18)2)29(26,27)23-16-8-9-16/h4-7,10-11,16,23H,8-9,12H2,1-3H3,(H,22,24). The van der Waals surface area contributed by atoms with Crippen molar-refractivity contribution < 1.29 is 22.7 Å². The fourth-order valence-corrected chi connectivity index (χ4v) is 4.09. The van der Waals surface area contributed by atoms with Crippen LogP contribution in [0.4, 0.5) is 5.69 Å². The van der Waals surface area contributed by atoms with Gasteiger partial charge in [-0.2, -0.15) is 0 Å². The Morgan fingerprint density at radius 1 is 1.07 bits per heavy atom. The number of esters is 1. The summed E-state index contributed by atoms with van der Waals surface area (Å²) in [6.45, 7) is 5.04. The minimum atomic E-state index is -3.69. The first-order valence-corrected chi connectivity index (χ1v) is 10.8. The molecule has 0 spiro atoms. The van der Waals surface area contributed by atoms with Gasteiger partial charge in [0, 0.05) is 11.7 Å². The zero-order valence-corrected chi connectivity index (χ0v) is 17.4. The first kappa shape index (κ1) is 21.0. The summed E-state index contributed by atoms with van der Waals surface area (Å²) in [5.74, 6) is -1.22. The molecule has 0 heterocycles. The zero-order chi connectivity index (χ0) is 21.2. The van der Waals surface area contributed by atoms with Crippen LogP contribution in [0.15, 0.2) is 41.3 Å². The molecule has 2 aromatic rings. The van der Waals surface area contributed by atoms with E-state index in [1.807, 2.05) is 26.0 Å². The number of rotatable bonds is 7. The normalized spacial score (nSPS) is 13.8. The van der Waals surface area contributed by atoms with E-state index in [1.165, 1.54) is 12.1 Å². The van der Waals surface area contributed by atoms with Crippen molar-refractivity contribution in [2.24, 2.45) is 0 Å². The Morgan fingerprint density at radius 2 is 1.79 bits per heavy atom. The third kappa shape index (κ3) is 5.21. The molecule has 0 unspecified atom stereocenters. The molecule has 0 atom stereocenters. The van der Waals surface area contributed by atoms with Crippen molar-refractivity contribution in [1.82, 2.24) is 4.72 Å². The third-order valence-corrected chi connectivity index (χ3v) is 6.37. The Morgan fingerprint density at radius 3 is 2.48 bits per heavy atom. The molecule has 1 amide bonds. The number of sulfonamides is 1. The van der Waals surface area contributed by atoms with Crippen LogP contribution in [0, 0.1) is 20.8 Å². The van der Waals surface area contributed by atoms with E-state index >= 15 is 0 Å². The van der Waals surface area contributed by atoms with Crippen molar-refractivity contribution in [3.05, 3.63) is 58.7 Å². The van der Waals surface area contributed by atoms with Crippen LogP contribution >= 0.6 is 0 Å². The topological polar surface area (TPSA) is 102 Å². The van der Waals surface area contributed by atoms with E-state index in [4.69, 9.17) is 4.74 Å². The predicted molar refractivity (Wildman–Crippen MR) is 109 cm³/mol. The third-order valence-electron chi connectivity index (χ3n) is 4.85. The minimum absolute atomic E-state index is 0.00165. The molecule has 1 aliphatic carbocycles. The Labute approximate surface area is 170 Å². The maximum Gasteiger partial charge on any atom is 0.338 e. The fourth-order valence-electron chi connectivity index (χ4n) is 2.76. The molecular formula is C21H24N2O5S. The van der Waals surface area contributed by atoms with Gasteiger partial charge in [-0.1, -0.05) is 18.2 Å². The van der Waals surface area contributed by atoms with Gasteiger partial charge in [-0.3, -0.25) is 4.79 Å². The molecule has 0 aliphatic heterocycles. The van der Waals surface area contributed by atoms with E-state index in [0.29, 0.717) is 11.3 Å². The minimum Gasteiger partial charge on any atom is -0.452 e. The van der Waals surface area contributed by atoms with Crippen LogP contribution in [0.25, 0.3) is 0 Å². The van der Waals surface area contributed by atoms with E-state index in [9.17, 15) is 18.0 Å². The van der Waals surface area contributed by atoms with Crippen LogP contribution in [0.1, 0.15) is 39.9 Å².